The normalized spacial score (nSPS) is 22.9. The summed E-state index contributed by atoms with van der Waals surface area (Å²) < 4.78 is 73.6. The predicted molar refractivity (Wildman–Crippen MR) is 154 cm³/mol. The van der Waals surface area contributed by atoms with Crippen molar-refractivity contribution in [2.45, 2.75) is 14.1 Å². The Kier molecular flexibility index (Phi) is 9.69. The molecule has 2 aliphatic heterocycles. The Hall–Kier alpha value is -2.30. The zero-order valence-corrected chi connectivity index (χ0v) is 26.0. The average molecular weight is 678 g/mol. The first-order valence-corrected chi connectivity index (χ1v) is 17.1. The molecule has 5 rings (SSSR count). The minimum absolute atomic E-state index is 0.0592. The standard InChI is InChI=1S/C27H30Cl2N2O10S2/c28-27(29)23(17-40-25(32)19-1-5-21(6-2-19)42(34,35)30-9-13-38-14-10-30)24(27)18-41-26(33)20-3-7-22(8-4-20)43(36,37)31-11-15-39-16-12-31/h1-8,23-24H,9-18H2. The molecular formula is C27H30Cl2N2O10S2. The summed E-state index contributed by atoms with van der Waals surface area (Å²) in [5, 5.41) is 0. The summed E-state index contributed by atoms with van der Waals surface area (Å²) in [4.78, 5) is 25.3. The molecule has 2 saturated heterocycles. The molecule has 0 aromatic heterocycles. The number of carbonyl (C=O) groups is 2. The number of ether oxygens (including phenoxy) is 4. The molecule has 234 valence electrons. The van der Waals surface area contributed by atoms with Crippen molar-refractivity contribution in [1.82, 2.24) is 8.61 Å². The van der Waals surface area contributed by atoms with Gasteiger partial charge >= 0.3 is 11.9 Å². The van der Waals surface area contributed by atoms with Crippen LogP contribution in [0, 0.1) is 11.8 Å². The Morgan fingerprint density at radius 2 is 1.00 bits per heavy atom. The fraction of sp³-hybridized carbons (Fsp3) is 0.481. The Morgan fingerprint density at radius 3 is 1.33 bits per heavy atom. The number of rotatable bonds is 10. The number of halogens is 2. The smallest absolute Gasteiger partial charge is 0.338 e. The van der Waals surface area contributed by atoms with Crippen molar-refractivity contribution < 1.29 is 45.4 Å². The third-order valence-electron chi connectivity index (χ3n) is 7.55. The summed E-state index contributed by atoms with van der Waals surface area (Å²) in [7, 11) is -7.40. The minimum atomic E-state index is -3.70. The van der Waals surface area contributed by atoms with Gasteiger partial charge < -0.3 is 18.9 Å². The fourth-order valence-corrected chi connectivity index (χ4v) is 8.36. The number of nitrogens with zero attached hydrogens (tertiary/aromatic N) is 2. The molecule has 12 nitrogen and oxygen atoms in total. The van der Waals surface area contributed by atoms with Crippen molar-refractivity contribution in [3.8, 4) is 0 Å². The summed E-state index contributed by atoms with van der Waals surface area (Å²) in [5.41, 5.74) is 0.303. The first-order valence-electron chi connectivity index (χ1n) is 13.5. The first-order chi connectivity index (χ1) is 20.4. The van der Waals surface area contributed by atoms with Gasteiger partial charge in [0.05, 0.1) is 60.6 Å². The lowest BCUT2D eigenvalue weighted by Gasteiger charge is -2.26. The molecule has 0 N–H and O–H groups in total. The highest BCUT2D eigenvalue weighted by molar-refractivity contribution is 7.89. The SMILES string of the molecule is O=C(OCC1C(COC(=O)c2ccc(S(=O)(=O)N3CCOCC3)cc2)C1(Cl)Cl)c1ccc(S(=O)(=O)N2CCOCC2)cc1. The Morgan fingerprint density at radius 1 is 0.674 bits per heavy atom. The first kappa shape index (κ1) is 32.1. The topological polar surface area (TPSA) is 146 Å². The molecule has 1 saturated carbocycles. The van der Waals surface area contributed by atoms with Gasteiger partial charge in [0.15, 0.2) is 0 Å². The molecule has 16 heteroatoms. The van der Waals surface area contributed by atoms with Crippen LogP contribution < -0.4 is 0 Å². The number of carbonyl (C=O) groups excluding carboxylic acids is 2. The van der Waals surface area contributed by atoms with Crippen LogP contribution in [0.5, 0.6) is 0 Å². The monoisotopic (exact) mass is 676 g/mol. The van der Waals surface area contributed by atoms with Crippen LogP contribution in [-0.4, -0.2) is 108 Å². The van der Waals surface area contributed by atoms with E-state index >= 15 is 0 Å². The molecule has 2 heterocycles. The van der Waals surface area contributed by atoms with Crippen molar-refractivity contribution in [1.29, 1.82) is 0 Å². The number of morpholine rings is 2. The van der Waals surface area contributed by atoms with Crippen molar-refractivity contribution in [2.24, 2.45) is 11.8 Å². The molecule has 2 unspecified atom stereocenters. The van der Waals surface area contributed by atoms with E-state index in [1.54, 1.807) is 0 Å². The lowest BCUT2D eigenvalue weighted by atomic mass is 10.2. The number of hydrogen-bond donors (Lipinski definition) is 0. The molecule has 2 atom stereocenters. The highest BCUT2D eigenvalue weighted by atomic mass is 35.5. The maximum Gasteiger partial charge on any atom is 0.338 e. The van der Waals surface area contributed by atoms with E-state index in [0.29, 0.717) is 26.4 Å². The van der Waals surface area contributed by atoms with Crippen LogP contribution >= 0.6 is 23.2 Å². The molecule has 2 aromatic rings. The van der Waals surface area contributed by atoms with Crippen molar-refractivity contribution in [2.75, 3.05) is 65.8 Å². The molecular weight excluding hydrogens is 647 g/mol. The van der Waals surface area contributed by atoms with E-state index in [4.69, 9.17) is 42.1 Å². The summed E-state index contributed by atoms with van der Waals surface area (Å²) in [6, 6.07) is 10.9. The van der Waals surface area contributed by atoms with E-state index in [2.05, 4.69) is 0 Å². The van der Waals surface area contributed by atoms with Crippen LogP contribution in [0.1, 0.15) is 20.7 Å². The maximum absolute atomic E-state index is 12.8. The molecule has 0 spiro atoms. The third-order valence-corrected chi connectivity index (χ3v) is 12.5. The molecule has 0 bridgehead atoms. The predicted octanol–water partition coefficient (Wildman–Crippen LogP) is 2.16. The van der Waals surface area contributed by atoms with Crippen molar-refractivity contribution in [3.05, 3.63) is 59.7 Å². The van der Waals surface area contributed by atoms with Crippen LogP contribution in [0.2, 0.25) is 0 Å². The van der Waals surface area contributed by atoms with E-state index in [1.165, 1.54) is 57.1 Å². The lowest BCUT2D eigenvalue weighted by molar-refractivity contribution is 0.0419. The highest BCUT2D eigenvalue weighted by Crippen LogP contribution is 2.59. The molecule has 0 radical (unpaired) electrons. The summed E-state index contributed by atoms with van der Waals surface area (Å²) >= 11 is 12.7. The number of sulfonamides is 2. The Balaban J connectivity index is 1.10. The largest absolute Gasteiger partial charge is 0.462 e. The van der Waals surface area contributed by atoms with Crippen molar-refractivity contribution in [3.63, 3.8) is 0 Å². The highest BCUT2D eigenvalue weighted by Gasteiger charge is 2.64. The number of benzene rings is 2. The number of hydrogen-bond acceptors (Lipinski definition) is 10. The van der Waals surface area contributed by atoms with E-state index in [-0.39, 0.29) is 60.3 Å². The summed E-state index contributed by atoms with van der Waals surface area (Å²) in [5.74, 6) is -2.38. The van der Waals surface area contributed by atoms with Gasteiger partial charge in [-0.2, -0.15) is 8.61 Å². The molecule has 0 amide bonds. The number of alkyl halides is 2. The fourth-order valence-electron chi connectivity index (χ4n) is 4.81. The van der Waals surface area contributed by atoms with Crippen molar-refractivity contribution >= 4 is 55.2 Å². The zero-order valence-electron chi connectivity index (χ0n) is 22.9. The van der Waals surface area contributed by atoms with E-state index in [9.17, 15) is 26.4 Å². The Bertz CT molecular complexity index is 1420. The molecule has 3 aliphatic rings. The average Bonchev–Trinajstić information content (AvgIpc) is 3.57. The second-order valence-electron chi connectivity index (χ2n) is 10.2. The second-order valence-corrected chi connectivity index (χ2v) is 15.5. The van der Waals surface area contributed by atoms with Crippen LogP contribution in [0.3, 0.4) is 0 Å². The summed E-state index contributed by atoms with van der Waals surface area (Å²) in [6.07, 6.45) is 0. The third kappa shape index (κ3) is 7.01. The van der Waals surface area contributed by atoms with Gasteiger partial charge in [-0.25, -0.2) is 26.4 Å². The van der Waals surface area contributed by atoms with E-state index in [0.717, 1.165) is 0 Å². The Labute approximate surface area is 259 Å². The van der Waals surface area contributed by atoms with Gasteiger partial charge in [0.1, 0.15) is 4.33 Å². The molecule has 1 aliphatic carbocycles. The van der Waals surface area contributed by atoms with Gasteiger partial charge in [-0.15, -0.1) is 23.2 Å². The number of esters is 2. The molecule has 3 fully saturated rings. The van der Waals surface area contributed by atoms with Gasteiger partial charge in [-0.1, -0.05) is 0 Å². The van der Waals surface area contributed by atoms with Gasteiger partial charge in [-0.3, -0.25) is 0 Å². The maximum atomic E-state index is 12.8. The van der Waals surface area contributed by atoms with Gasteiger partial charge in [0, 0.05) is 38.0 Å². The van der Waals surface area contributed by atoms with Gasteiger partial charge in [-0.05, 0) is 48.5 Å². The van der Waals surface area contributed by atoms with Gasteiger partial charge in [0.2, 0.25) is 20.0 Å². The molecule has 2 aromatic carbocycles. The van der Waals surface area contributed by atoms with Gasteiger partial charge in [0.25, 0.3) is 0 Å². The van der Waals surface area contributed by atoms with Crippen LogP contribution in [0.15, 0.2) is 58.3 Å². The summed E-state index contributed by atoms with van der Waals surface area (Å²) in [6.45, 7) is 2.04. The van der Waals surface area contributed by atoms with Crippen LogP contribution in [0.4, 0.5) is 0 Å². The molecule has 43 heavy (non-hydrogen) atoms. The van der Waals surface area contributed by atoms with E-state index in [1.807, 2.05) is 0 Å². The van der Waals surface area contributed by atoms with E-state index < -0.39 is 48.2 Å². The lowest BCUT2D eigenvalue weighted by Crippen LogP contribution is -2.40. The quantitative estimate of drug-likeness (QED) is 0.271. The minimum Gasteiger partial charge on any atom is -0.462 e. The zero-order chi connectivity index (χ0) is 30.8. The van der Waals surface area contributed by atoms with Crippen LogP contribution in [-0.2, 0) is 39.0 Å². The van der Waals surface area contributed by atoms with Crippen LogP contribution in [0.25, 0.3) is 0 Å². The second kappa shape index (κ2) is 13.0.